The van der Waals surface area contributed by atoms with E-state index in [9.17, 15) is 0 Å². The number of aromatic nitrogens is 2. The molecule has 1 unspecified atom stereocenters. The molecule has 14 heavy (non-hydrogen) atoms. The monoisotopic (exact) mass is 193 g/mol. The summed E-state index contributed by atoms with van der Waals surface area (Å²) < 4.78 is 0. The molecule has 0 aliphatic rings. The third kappa shape index (κ3) is 2.22. The van der Waals surface area contributed by atoms with Gasteiger partial charge in [-0.05, 0) is 23.8 Å². The summed E-state index contributed by atoms with van der Waals surface area (Å²) in [5.74, 6) is 0.351. The third-order valence-corrected chi connectivity index (χ3v) is 2.95. The zero-order valence-corrected chi connectivity index (χ0v) is 9.25. The van der Waals surface area contributed by atoms with E-state index in [1.54, 1.807) is 0 Å². The maximum atomic E-state index is 5.46. The molecule has 1 aromatic rings. The summed E-state index contributed by atoms with van der Waals surface area (Å²) in [6.45, 7) is 6.66. The van der Waals surface area contributed by atoms with Crippen molar-refractivity contribution < 1.29 is 0 Å². The molecule has 0 aliphatic heterocycles. The Labute approximate surface area is 85.8 Å². The SMILES string of the molecule is CCCC(C)(CC)c1cnc(N)nc1. The molecule has 1 atom stereocenters. The smallest absolute Gasteiger partial charge is 0.219 e. The lowest BCUT2D eigenvalue weighted by Crippen LogP contribution is -2.21. The Morgan fingerprint density at radius 1 is 1.29 bits per heavy atom. The summed E-state index contributed by atoms with van der Waals surface area (Å²) in [7, 11) is 0. The Hall–Kier alpha value is -1.12. The topological polar surface area (TPSA) is 51.8 Å². The molecule has 1 aromatic heterocycles. The average molecular weight is 193 g/mol. The number of hydrogen-bond donors (Lipinski definition) is 1. The lowest BCUT2D eigenvalue weighted by Gasteiger charge is -2.27. The van der Waals surface area contributed by atoms with Crippen LogP contribution in [0.2, 0.25) is 0 Å². The number of nitrogens with two attached hydrogens (primary N) is 1. The van der Waals surface area contributed by atoms with E-state index in [0.29, 0.717) is 5.95 Å². The van der Waals surface area contributed by atoms with Crippen LogP contribution in [-0.4, -0.2) is 9.97 Å². The Morgan fingerprint density at radius 2 is 1.86 bits per heavy atom. The number of anilines is 1. The quantitative estimate of drug-likeness (QED) is 0.799. The van der Waals surface area contributed by atoms with Crippen LogP contribution in [0, 0.1) is 0 Å². The first-order chi connectivity index (χ1) is 6.62. The minimum Gasteiger partial charge on any atom is -0.368 e. The Bertz CT molecular complexity index is 281. The van der Waals surface area contributed by atoms with Crippen molar-refractivity contribution >= 4 is 5.95 Å². The van der Waals surface area contributed by atoms with Crippen molar-refractivity contribution in [3.63, 3.8) is 0 Å². The van der Waals surface area contributed by atoms with E-state index in [1.807, 2.05) is 12.4 Å². The maximum absolute atomic E-state index is 5.46. The lowest BCUT2D eigenvalue weighted by molar-refractivity contribution is 0.411. The molecule has 0 aromatic carbocycles. The van der Waals surface area contributed by atoms with Crippen molar-refractivity contribution in [2.45, 2.75) is 45.4 Å². The van der Waals surface area contributed by atoms with Crippen LogP contribution in [0.1, 0.15) is 45.6 Å². The first kappa shape index (κ1) is 11.0. The zero-order valence-electron chi connectivity index (χ0n) is 9.25. The average Bonchev–Trinajstić information content (AvgIpc) is 2.19. The fourth-order valence-corrected chi connectivity index (χ4v) is 1.73. The normalized spacial score (nSPS) is 15.1. The highest BCUT2D eigenvalue weighted by Crippen LogP contribution is 2.31. The molecule has 2 N–H and O–H groups in total. The van der Waals surface area contributed by atoms with Crippen LogP contribution in [-0.2, 0) is 5.41 Å². The Balaban J connectivity index is 2.94. The molecule has 0 saturated heterocycles. The second kappa shape index (κ2) is 4.40. The molecule has 0 amide bonds. The largest absolute Gasteiger partial charge is 0.368 e. The van der Waals surface area contributed by atoms with E-state index in [0.717, 1.165) is 12.8 Å². The van der Waals surface area contributed by atoms with Crippen molar-refractivity contribution in [1.82, 2.24) is 9.97 Å². The van der Waals surface area contributed by atoms with Gasteiger partial charge in [0.2, 0.25) is 5.95 Å². The van der Waals surface area contributed by atoms with Gasteiger partial charge in [0, 0.05) is 12.4 Å². The molecule has 1 heterocycles. The number of hydrogen-bond acceptors (Lipinski definition) is 3. The van der Waals surface area contributed by atoms with Gasteiger partial charge in [-0.2, -0.15) is 0 Å². The van der Waals surface area contributed by atoms with Gasteiger partial charge in [-0.15, -0.1) is 0 Å². The van der Waals surface area contributed by atoms with E-state index in [-0.39, 0.29) is 5.41 Å². The summed E-state index contributed by atoms with van der Waals surface area (Å²) in [5, 5.41) is 0. The van der Waals surface area contributed by atoms with Crippen LogP contribution in [0.3, 0.4) is 0 Å². The molecule has 0 radical (unpaired) electrons. The van der Waals surface area contributed by atoms with E-state index >= 15 is 0 Å². The van der Waals surface area contributed by atoms with Crippen molar-refractivity contribution in [3.8, 4) is 0 Å². The highest BCUT2D eigenvalue weighted by Gasteiger charge is 2.23. The Kier molecular flexibility index (Phi) is 3.44. The molecule has 0 saturated carbocycles. The van der Waals surface area contributed by atoms with Crippen LogP contribution in [0.15, 0.2) is 12.4 Å². The van der Waals surface area contributed by atoms with Crippen LogP contribution < -0.4 is 5.73 Å². The maximum Gasteiger partial charge on any atom is 0.219 e. The molecule has 3 nitrogen and oxygen atoms in total. The molecule has 1 rings (SSSR count). The molecule has 3 heteroatoms. The van der Waals surface area contributed by atoms with Gasteiger partial charge in [-0.1, -0.05) is 27.2 Å². The van der Waals surface area contributed by atoms with Gasteiger partial charge in [0.15, 0.2) is 0 Å². The fourth-order valence-electron chi connectivity index (χ4n) is 1.73. The summed E-state index contributed by atoms with van der Waals surface area (Å²) >= 11 is 0. The standard InChI is InChI=1S/C11H19N3/c1-4-6-11(3,5-2)9-7-13-10(12)14-8-9/h7-8H,4-6H2,1-3H3,(H2,12,13,14). The van der Waals surface area contributed by atoms with E-state index in [1.165, 1.54) is 12.0 Å². The second-order valence-corrected chi connectivity index (χ2v) is 3.99. The summed E-state index contributed by atoms with van der Waals surface area (Å²) in [6.07, 6.45) is 7.14. The van der Waals surface area contributed by atoms with Crippen LogP contribution in [0.4, 0.5) is 5.95 Å². The minimum absolute atomic E-state index is 0.197. The second-order valence-electron chi connectivity index (χ2n) is 3.99. The molecular weight excluding hydrogens is 174 g/mol. The van der Waals surface area contributed by atoms with Gasteiger partial charge in [-0.25, -0.2) is 9.97 Å². The van der Waals surface area contributed by atoms with Crippen LogP contribution in [0.5, 0.6) is 0 Å². The molecule has 0 bridgehead atoms. The van der Waals surface area contributed by atoms with Crippen molar-refractivity contribution in [1.29, 1.82) is 0 Å². The van der Waals surface area contributed by atoms with Gasteiger partial charge >= 0.3 is 0 Å². The third-order valence-electron chi connectivity index (χ3n) is 2.95. The van der Waals surface area contributed by atoms with Gasteiger partial charge in [-0.3, -0.25) is 0 Å². The van der Waals surface area contributed by atoms with Gasteiger partial charge < -0.3 is 5.73 Å². The minimum atomic E-state index is 0.197. The van der Waals surface area contributed by atoms with Gasteiger partial charge in [0.1, 0.15) is 0 Å². The predicted octanol–water partition coefficient (Wildman–Crippen LogP) is 2.53. The number of nitrogen functional groups attached to an aromatic ring is 1. The van der Waals surface area contributed by atoms with Crippen LogP contribution in [0.25, 0.3) is 0 Å². The summed E-state index contributed by atoms with van der Waals surface area (Å²) in [6, 6.07) is 0. The Morgan fingerprint density at radius 3 is 2.29 bits per heavy atom. The molecule has 0 spiro atoms. The first-order valence-corrected chi connectivity index (χ1v) is 5.20. The van der Waals surface area contributed by atoms with Gasteiger partial charge in [0.25, 0.3) is 0 Å². The summed E-state index contributed by atoms with van der Waals surface area (Å²) in [5.41, 5.74) is 6.85. The molecule has 0 aliphatic carbocycles. The fraction of sp³-hybridized carbons (Fsp3) is 0.636. The van der Waals surface area contributed by atoms with Crippen LogP contribution >= 0.6 is 0 Å². The lowest BCUT2D eigenvalue weighted by atomic mass is 9.78. The van der Waals surface area contributed by atoms with E-state index in [2.05, 4.69) is 30.7 Å². The number of nitrogens with zero attached hydrogens (tertiary/aromatic N) is 2. The van der Waals surface area contributed by atoms with Crippen molar-refractivity contribution in [2.75, 3.05) is 5.73 Å². The van der Waals surface area contributed by atoms with E-state index < -0.39 is 0 Å². The van der Waals surface area contributed by atoms with Gasteiger partial charge in [0.05, 0.1) is 0 Å². The highest BCUT2D eigenvalue weighted by atomic mass is 15.0. The molecular formula is C11H19N3. The highest BCUT2D eigenvalue weighted by molar-refractivity contribution is 5.23. The number of rotatable bonds is 4. The van der Waals surface area contributed by atoms with Crippen molar-refractivity contribution in [2.24, 2.45) is 0 Å². The zero-order chi connectivity index (χ0) is 10.6. The molecule has 78 valence electrons. The summed E-state index contributed by atoms with van der Waals surface area (Å²) in [4.78, 5) is 8.08. The van der Waals surface area contributed by atoms with Crippen molar-refractivity contribution in [3.05, 3.63) is 18.0 Å². The molecule has 0 fully saturated rings. The van der Waals surface area contributed by atoms with E-state index in [4.69, 9.17) is 5.73 Å². The predicted molar refractivity (Wildman–Crippen MR) is 59.0 cm³/mol. The first-order valence-electron chi connectivity index (χ1n) is 5.20.